The van der Waals surface area contributed by atoms with Crippen LogP contribution in [-0.4, -0.2) is 18.1 Å². The van der Waals surface area contributed by atoms with Gasteiger partial charge in [-0.3, -0.25) is 0 Å². The number of hydrogen-bond acceptors (Lipinski definition) is 4. The lowest BCUT2D eigenvalue weighted by molar-refractivity contribution is 0.846. The van der Waals surface area contributed by atoms with Crippen LogP contribution in [0.5, 0.6) is 0 Å². The van der Waals surface area contributed by atoms with E-state index in [1.165, 1.54) is 9.75 Å². The van der Waals surface area contributed by atoms with Crippen molar-refractivity contribution < 1.29 is 0 Å². The summed E-state index contributed by atoms with van der Waals surface area (Å²) in [5.74, 6) is 1.05. The van der Waals surface area contributed by atoms with Gasteiger partial charge in [-0.25, -0.2) is 4.98 Å². The molecule has 0 saturated heterocycles. The molecule has 2 aromatic rings. The summed E-state index contributed by atoms with van der Waals surface area (Å²) in [7, 11) is 0. The van der Waals surface area contributed by atoms with E-state index in [0.29, 0.717) is 0 Å². The van der Waals surface area contributed by atoms with Gasteiger partial charge in [0.1, 0.15) is 5.82 Å². The molecule has 0 amide bonds. The van der Waals surface area contributed by atoms with Crippen LogP contribution in [0.4, 0.5) is 11.5 Å². The SMILES string of the molecule is CCc1ccc(CNc2ccc(N(CC)CC)nc2)s1. The highest BCUT2D eigenvalue weighted by atomic mass is 32.1. The smallest absolute Gasteiger partial charge is 0.128 e. The Morgan fingerprint density at radius 2 is 1.80 bits per heavy atom. The second kappa shape index (κ2) is 7.29. The third-order valence-corrected chi connectivity index (χ3v) is 4.60. The molecular weight excluding hydrogens is 266 g/mol. The van der Waals surface area contributed by atoms with Crippen molar-refractivity contribution in [1.82, 2.24) is 4.98 Å². The average molecular weight is 289 g/mol. The molecule has 3 nitrogen and oxygen atoms in total. The molecule has 0 aliphatic heterocycles. The molecule has 0 aromatic carbocycles. The summed E-state index contributed by atoms with van der Waals surface area (Å²) in [5, 5.41) is 3.43. The third kappa shape index (κ3) is 3.73. The monoisotopic (exact) mass is 289 g/mol. The first-order chi connectivity index (χ1) is 9.76. The van der Waals surface area contributed by atoms with Gasteiger partial charge in [0.2, 0.25) is 0 Å². The molecule has 0 unspecified atom stereocenters. The largest absolute Gasteiger partial charge is 0.379 e. The fourth-order valence-electron chi connectivity index (χ4n) is 2.12. The molecule has 1 N–H and O–H groups in total. The molecule has 2 heterocycles. The zero-order chi connectivity index (χ0) is 14.4. The highest BCUT2D eigenvalue weighted by Crippen LogP contribution is 2.19. The summed E-state index contributed by atoms with van der Waals surface area (Å²) in [5.41, 5.74) is 1.08. The molecule has 0 saturated carbocycles. The Morgan fingerprint density at radius 3 is 2.35 bits per heavy atom. The zero-order valence-corrected chi connectivity index (χ0v) is 13.3. The van der Waals surface area contributed by atoms with Crippen LogP contribution in [-0.2, 0) is 13.0 Å². The van der Waals surface area contributed by atoms with Gasteiger partial charge in [-0.1, -0.05) is 6.92 Å². The molecule has 0 spiro atoms. The van der Waals surface area contributed by atoms with Crippen molar-refractivity contribution in [2.24, 2.45) is 0 Å². The minimum Gasteiger partial charge on any atom is -0.379 e. The first-order valence-electron chi connectivity index (χ1n) is 7.29. The van der Waals surface area contributed by atoms with Crippen molar-refractivity contribution in [2.45, 2.75) is 33.7 Å². The highest BCUT2D eigenvalue weighted by Gasteiger charge is 2.03. The van der Waals surface area contributed by atoms with Crippen molar-refractivity contribution in [3.63, 3.8) is 0 Å². The fraction of sp³-hybridized carbons (Fsp3) is 0.438. The Hall–Kier alpha value is -1.55. The average Bonchev–Trinajstić information content (AvgIpc) is 2.96. The summed E-state index contributed by atoms with van der Waals surface area (Å²) in [6, 6.07) is 8.60. The van der Waals surface area contributed by atoms with E-state index in [0.717, 1.165) is 37.6 Å². The molecule has 20 heavy (non-hydrogen) atoms. The van der Waals surface area contributed by atoms with Gasteiger partial charge in [0.15, 0.2) is 0 Å². The van der Waals surface area contributed by atoms with Gasteiger partial charge in [-0.2, -0.15) is 0 Å². The maximum atomic E-state index is 4.52. The normalized spacial score (nSPS) is 10.6. The zero-order valence-electron chi connectivity index (χ0n) is 12.5. The molecule has 108 valence electrons. The van der Waals surface area contributed by atoms with E-state index >= 15 is 0 Å². The van der Waals surface area contributed by atoms with E-state index in [4.69, 9.17) is 0 Å². The number of aromatic nitrogens is 1. The van der Waals surface area contributed by atoms with Gasteiger partial charge < -0.3 is 10.2 Å². The Bertz CT molecular complexity index is 515. The van der Waals surface area contributed by atoms with Crippen molar-refractivity contribution in [2.75, 3.05) is 23.3 Å². The van der Waals surface area contributed by atoms with Gasteiger partial charge in [-0.15, -0.1) is 11.3 Å². The van der Waals surface area contributed by atoms with E-state index in [1.807, 2.05) is 17.5 Å². The van der Waals surface area contributed by atoms with Gasteiger partial charge in [-0.05, 0) is 44.5 Å². The molecule has 2 aromatic heterocycles. The fourth-order valence-corrected chi connectivity index (χ4v) is 3.02. The number of thiophene rings is 1. The molecule has 2 rings (SSSR count). The topological polar surface area (TPSA) is 28.2 Å². The number of aryl methyl sites for hydroxylation is 1. The minimum atomic E-state index is 0.872. The van der Waals surface area contributed by atoms with Crippen LogP contribution >= 0.6 is 11.3 Å². The summed E-state index contributed by atoms with van der Waals surface area (Å²) in [6.45, 7) is 9.35. The molecule has 0 aliphatic carbocycles. The van der Waals surface area contributed by atoms with Crippen LogP contribution in [0.1, 0.15) is 30.5 Å². The van der Waals surface area contributed by atoms with Crippen molar-refractivity contribution in [3.05, 3.63) is 40.2 Å². The standard InChI is InChI=1S/C16H23N3S/c1-4-14-8-9-15(20-14)12-17-13-7-10-16(18-11-13)19(5-2)6-3/h7-11,17H,4-6,12H2,1-3H3. The van der Waals surface area contributed by atoms with Gasteiger partial charge in [0.25, 0.3) is 0 Å². The Morgan fingerprint density at radius 1 is 1.05 bits per heavy atom. The second-order valence-corrected chi connectivity index (χ2v) is 5.91. The number of pyridine rings is 1. The molecule has 0 aliphatic rings. The third-order valence-electron chi connectivity index (χ3n) is 3.37. The highest BCUT2D eigenvalue weighted by molar-refractivity contribution is 7.12. The van der Waals surface area contributed by atoms with E-state index in [-0.39, 0.29) is 0 Å². The van der Waals surface area contributed by atoms with Crippen LogP contribution in [0.25, 0.3) is 0 Å². The summed E-state index contributed by atoms with van der Waals surface area (Å²) >= 11 is 1.88. The second-order valence-electron chi connectivity index (χ2n) is 4.65. The maximum Gasteiger partial charge on any atom is 0.128 e. The lowest BCUT2D eigenvalue weighted by Crippen LogP contribution is -2.22. The van der Waals surface area contributed by atoms with Crippen LogP contribution in [0.2, 0.25) is 0 Å². The molecule has 0 bridgehead atoms. The van der Waals surface area contributed by atoms with E-state index < -0.39 is 0 Å². The number of rotatable bonds is 7. The van der Waals surface area contributed by atoms with Crippen molar-refractivity contribution in [1.29, 1.82) is 0 Å². The number of anilines is 2. The predicted molar refractivity (Wildman–Crippen MR) is 88.8 cm³/mol. The summed E-state index contributed by atoms with van der Waals surface area (Å²) in [4.78, 5) is 9.58. The van der Waals surface area contributed by atoms with Crippen LogP contribution < -0.4 is 10.2 Å². The van der Waals surface area contributed by atoms with E-state index in [9.17, 15) is 0 Å². The van der Waals surface area contributed by atoms with Crippen LogP contribution in [0, 0.1) is 0 Å². The van der Waals surface area contributed by atoms with Crippen molar-refractivity contribution >= 4 is 22.8 Å². The Kier molecular flexibility index (Phi) is 5.41. The minimum absolute atomic E-state index is 0.872. The maximum absolute atomic E-state index is 4.52. The molecule has 0 radical (unpaired) electrons. The summed E-state index contributed by atoms with van der Waals surface area (Å²) < 4.78 is 0. The number of hydrogen-bond donors (Lipinski definition) is 1. The number of nitrogens with one attached hydrogen (secondary N) is 1. The molecule has 4 heteroatoms. The Balaban J connectivity index is 1.93. The Labute approximate surface area is 125 Å². The first-order valence-corrected chi connectivity index (χ1v) is 8.10. The quantitative estimate of drug-likeness (QED) is 0.829. The summed E-state index contributed by atoms with van der Waals surface area (Å²) in [6.07, 6.45) is 3.03. The molecule has 0 fully saturated rings. The van der Waals surface area contributed by atoms with E-state index in [2.05, 4.69) is 60.2 Å². The van der Waals surface area contributed by atoms with Gasteiger partial charge in [0.05, 0.1) is 11.9 Å². The lowest BCUT2D eigenvalue weighted by Gasteiger charge is -2.19. The van der Waals surface area contributed by atoms with Crippen molar-refractivity contribution in [3.8, 4) is 0 Å². The van der Waals surface area contributed by atoms with Gasteiger partial charge >= 0.3 is 0 Å². The lowest BCUT2D eigenvalue weighted by atomic mass is 10.3. The first kappa shape index (κ1) is 14.9. The van der Waals surface area contributed by atoms with Crippen LogP contribution in [0.3, 0.4) is 0 Å². The van der Waals surface area contributed by atoms with Crippen LogP contribution in [0.15, 0.2) is 30.5 Å². The van der Waals surface area contributed by atoms with E-state index in [1.54, 1.807) is 0 Å². The predicted octanol–water partition coefficient (Wildman–Crippen LogP) is 4.16. The molecule has 0 atom stereocenters. The number of nitrogens with zero attached hydrogens (tertiary/aromatic N) is 2. The van der Waals surface area contributed by atoms with Gasteiger partial charge in [0, 0.05) is 29.4 Å². The molecular formula is C16H23N3S.